The summed E-state index contributed by atoms with van der Waals surface area (Å²) in [4.78, 5) is 21.4. The van der Waals surface area contributed by atoms with Gasteiger partial charge in [0.15, 0.2) is 0 Å². The summed E-state index contributed by atoms with van der Waals surface area (Å²) in [5, 5.41) is 10.3. The number of carbonyl (C=O) groups is 2. The van der Waals surface area contributed by atoms with E-state index in [1.807, 2.05) is 0 Å². The Morgan fingerprint density at radius 3 is 2.44 bits per heavy atom. The SMILES string of the molecule is C=CCOC(=O)NC(CS(=O)(=O)O)C(=O)O. The third-order valence-electron chi connectivity index (χ3n) is 1.30. The first-order valence-electron chi connectivity index (χ1n) is 3.98. The maximum atomic E-state index is 10.9. The largest absolute Gasteiger partial charge is 0.480 e. The van der Waals surface area contributed by atoms with Gasteiger partial charge in [-0.05, 0) is 0 Å². The number of rotatable bonds is 6. The van der Waals surface area contributed by atoms with Gasteiger partial charge in [0.25, 0.3) is 10.1 Å². The van der Waals surface area contributed by atoms with Crippen molar-refractivity contribution in [3.63, 3.8) is 0 Å². The first-order valence-corrected chi connectivity index (χ1v) is 5.59. The van der Waals surface area contributed by atoms with E-state index in [-0.39, 0.29) is 6.61 Å². The van der Waals surface area contributed by atoms with Crippen molar-refractivity contribution in [3.8, 4) is 0 Å². The van der Waals surface area contributed by atoms with Gasteiger partial charge in [-0.2, -0.15) is 8.42 Å². The van der Waals surface area contributed by atoms with Crippen LogP contribution in [0.25, 0.3) is 0 Å². The van der Waals surface area contributed by atoms with Crippen molar-refractivity contribution in [2.45, 2.75) is 6.04 Å². The molecule has 0 aliphatic carbocycles. The normalized spacial score (nSPS) is 12.6. The number of carboxylic acids is 1. The Morgan fingerprint density at radius 2 is 2.06 bits per heavy atom. The average Bonchev–Trinajstić information content (AvgIpc) is 2.11. The molecule has 0 aromatic rings. The van der Waals surface area contributed by atoms with Gasteiger partial charge in [-0.15, -0.1) is 0 Å². The molecule has 0 saturated heterocycles. The fourth-order valence-electron chi connectivity index (χ4n) is 0.704. The molecule has 0 aromatic carbocycles. The van der Waals surface area contributed by atoms with Gasteiger partial charge in [-0.25, -0.2) is 9.59 Å². The average molecular weight is 253 g/mol. The molecule has 0 aromatic heterocycles. The van der Waals surface area contributed by atoms with Crippen LogP contribution in [-0.2, 0) is 19.6 Å². The number of amides is 1. The number of aliphatic carboxylic acids is 1. The number of nitrogens with one attached hydrogen (secondary N) is 1. The van der Waals surface area contributed by atoms with Crippen LogP contribution >= 0.6 is 0 Å². The molecule has 92 valence electrons. The number of ether oxygens (including phenoxy) is 1. The van der Waals surface area contributed by atoms with Gasteiger partial charge < -0.3 is 15.2 Å². The topological polar surface area (TPSA) is 130 Å². The smallest absolute Gasteiger partial charge is 0.408 e. The van der Waals surface area contributed by atoms with Gasteiger partial charge in [-0.1, -0.05) is 12.7 Å². The zero-order chi connectivity index (χ0) is 12.8. The van der Waals surface area contributed by atoms with Crippen LogP contribution in [0.3, 0.4) is 0 Å². The van der Waals surface area contributed by atoms with Crippen molar-refractivity contribution in [3.05, 3.63) is 12.7 Å². The molecule has 8 nitrogen and oxygen atoms in total. The predicted octanol–water partition coefficient (Wildman–Crippen LogP) is -0.760. The fraction of sp³-hybridized carbons (Fsp3) is 0.429. The maximum Gasteiger partial charge on any atom is 0.408 e. The summed E-state index contributed by atoms with van der Waals surface area (Å²) in [6.45, 7) is 3.10. The lowest BCUT2D eigenvalue weighted by Crippen LogP contribution is -2.45. The second-order valence-corrected chi connectivity index (χ2v) is 4.17. The Labute approximate surface area is 91.6 Å². The van der Waals surface area contributed by atoms with E-state index in [1.165, 1.54) is 6.08 Å². The number of carbonyl (C=O) groups excluding carboxylic acids is 1. The summed E-state index contributed by atoms with van der Waals surface area (Å²) in [5.41, 5.74) is 0. The third-order valence-corrected chi connectivity index (χ3v) is 2.05. The summed E-state index contributed by atoms with van der Waals surface area (Å²) in [6.07, 6.45) is 0.133. The fourth-order valence-corrected chi connectivity index (χ4v) is 1.35. The van der Waals surface area contributed by atoms with Gasteiger partial charge in [0.2, 0.25) is 0 Å². The van der Waals surface area contributed by atoms with Gasteiger partial charge in [-0.3, -0.25) is 4.55 Å². The number of hydrogen-bond donors (Lipinski definition) is 3. The van der Waals surface area contributed by atoms with E-state index in [1.54, 1.807) is 5.32 Å². The lowest BCUT2D eigenvalue weighted by atomic mass is 10.3. The Hall–Kier alpha value is -1.61. The second kappa shape index (κ2) is 6.08. The van der Waals surface area contributed by atoms with Gasteiger partial charge in [0, 0.05) is 0 Å². The molecule has 0 bridgehead atoms. The first kappa shape index (κ1) is 14.4. The predicted molar refractivity (Wildman–Crippen MR) is 52.5 cm³/mol. The molecular weight excluding hydrogens is 242 g/mol. The molecule has 3 N–H and O–H groups in total. The van der Waals surface area contributed by atoms with Crippen molar-refractivity contribution in [2.24, 2.45) is 0 Å². The minimum atomic E-state index is -4.51. The van der Waals surface area contributed by atoms with Crippen molar-refractivity contribution in [1.82, 2.24) is 5.32 Å². The highest BCUT2D eigenvalue weighted by Gasteiger charge is 2.26. The number of alkyl carbamates (subject to hydrolysis) is 1. The van der Waals surface area contributed by atoms with Crippen LogP contribution in [0, 0.1) is 0 Å². The summed E-state index contributed by atoms with van der Waals surface area (Å²) >= 11 is 0. The van der Waals surface area contributed by atoms with Crippen molar-refractivity contribution in [1.29, 1.82) is 0 Å². The van der Waals surface area contributed by atoms with Gasteiger partial charge in [0.1, 0.15) is 18.4 Å². The van der Waals surface area contributed by atoms with Crippen LogP contribution in [0.5, 0.6) is 0 Å². The van der Waals surface area contributed by atoms with E-state index < -0.39 is 34.0 Å². The highest BCUT2D eigenvalue weighted by atomic mass is 32.2. The van der Waals surface area contributed by atoms with Crippen LogP contribution < -0.4 is 5.32 Å². The molecule has 16 heavy (non-hydrogen) atoms. The molecule has 0 rings (SSSR count). The molecule has 0 radical (unpaired) electrons. The van der Waals surface area contributed by atoms with E-state index >= 15 is 0 Å². The molecule has 1 amide bonds. The summed E-state index contributed by atoms with van der Waals surface area (Å²) in [7, 11) is -4.51. The first-order chi connectivity index (χ1) is 7.26. The van der Waals surface area contributed by atoms with Crippen LogP contribution in [0.2, 0.25) is 0 Å². The molecule has 1 unspecified atom stereocenters. The molecule has 0 heterocycles. The minimum Gasteiger partial charge on any atom is -0.480 e. The highest BCUT2D eigenvalue weighted by Crippen LogP contribution is 1.93. The van der Waals surface area contributed by atoms with E-state index in [4.69, 9.17) is 9.66 Å². The van der Waals surface area contributed by atoms with Crippen molar-refractivity contribution in [2.75, 3.05) is 12.4 Å². The van der Waals surface area contributed by atoms with Crippen molar-refractivity contribution < 1.29 is 32.4 Å². The van der Waals surface area contributed by atoms with Crippen LogP contribution in [0.1, 0.15) is 0 Å². The van der Waals surface area contributed by atoms with Crippen LogP contribution in [0.4, 0.5) is 4.79 Å². The monoisotopic (exact) mass is 253 g/mol. The molecule has 1 atom stereocenters. The molecule has 0 spiro atoms. The summed E-state index contributed by atoms with van der Waals surface area (Å²) < 4.78 is 33.7. The quantitative estimate of drug-likeness (QED) is 0.419. The molecule has 0 aliphatic rings. The molecule has 0 fully saturated rings. The number of carboxylic acid groups (broad SMARTS) is 1. The Balaban J connectivity index is 4.40. The molecule has 9 heteroatoms. The van der Waals surface area contributed by atoms with Gasteiger partial charge >= 0.3 is 12.1 Å². The third kappa shape index (κ3) is 6.79. The Morgan fingerprint density at radius 1 is 1.50 bits per heavy atom. The minimum absolute atomic E-state index is 0.149. The van der Waals surface area contributed by atoms with E-state index in [9.17, 15) is 18.0 Å². The highest BCUT2D eigenvalue weighted by molar-refractivity contribution is 7.85. The van der Waals surface area contributed by atoms with Crippen molar-refractivity contribution >= 4 is 22.2 Å². The maximum absolute atomic E-state index is 10.9. The lowest BCUT2D eigenvalue weighted by Gasteiger charge is -2.12. The zero-order valence-electron chi connectivity index (χ0n) is 8.12. The van der Waals surface area contributed by atoms with E-state index in [0.29, 0.717) is 0 Å². The Bertz CT molecular complexity index is 374. The van der Waals surface area contributed by atoms with Crippen LogP contribution in [-0.4, -0.2) is 48.5 Å². The number of hydrogen-bond acceptors (Lipinski definition) is 5. The van der Waals surface area contributed by atoms with E-state index in [0.717, 1.165) is 0 Å². The van der Waals surface area contributed by atoms with Crippen LogP contribution in [0.15, 0.2) is 12.7 Å². The zero-order valence-corrected chi connectivity index (χ0v) is 8.94. The summed E-state index contributed by atoms with van der Waals surface area (Å²) in [6, 6.07) is -1.77. The lowest BCUT2D eigenvalue weighted by molar-refractivity contribution is -0.138. The molecular formula is C7H11NO7S. The summed E-state index contributed by atoms with van der Waals surface area (Å²) in [5.74, 6) is -2.74. The van der Waals surface area contributed by atoms with Gasteiger partial charge in [0.05, 0.1) is 0 Å². The Kier molecular flexibility index (Phi) is 5.47. The molecule has 0 saturated carbocycles. The van der Waals surface area contributed by atoms with E-state index in [2.05, 4.69) is 11.3 Å². The second-order valence-electron chi connectivity index (χ2n) is 2.67. The standard InChI is InChI=1S/C7H11NO7S/c1-2-3-15-7(11)8-5(6(9)10)4-16(12,13)14/h2,5H,1,3-4H2,(H,8,11)(H,9,10)(H,12,13,14). The molecule has 0 aliphatic heterocycles.